The molecule has 0 N–H and O–H groups in total. The number of hydrogen-bond acceptors (Lipinski definition) is 1. The summed E-state index contributed by atoms with van der Waals surface area (Å²) >= 11 is 3.53. The van der Waals surface area contributed by atoms with E-state index in [1.807, 2.05) is 0 Å². The highest BCUT2D eigenvalue weighted by Crippen LogP contribution is 2.49. The number of aliphatic imine (C=N–C) groups is 1. The minimum Gasteiger partial charge on any atom is -0.254 e. The van der Waals surface area contributed by atoms with Crippen LogP contribution in [0.3, 0.4) is 0 Å². The van der Waals surface area contributed by atoms with Crippen molar-refractivity contribution in [3.05, 3.63) is 23.2 Å². The summed E-state index contributed by atoms with van der Waals surface area (Å²) in [5.41, 5.74) is 3.01. The van der Waals surface area contributed by atoms with Crippen LogP contribution >= 0.6 is 15.9 Å². The van der Waals surface area contributed by atoms with Gasteiger partial charge in [0.1, 0.15) is 5.83 Å². The predicted molar refractivity (Wildman–Crippen MR) is 81.3 cm³/mol. The summed E-state index contributed by atoms with van der Waals surface area (Å²) in [7, 11) is 0. The largest absolute Gasteiger partial charge is 0.254 e. The van der Waals surface area contributed by atoms with Gasteiger partial charge in [0.05, 0.1) is 5.70 Å². The number of hydrogen-bond donors (Lipinski definition) is 0. The molecule has 0 saturated heterocycles. The lowest BCUT2D eigenvalue weighted by atomic mass is 9.70. The second-order valence-corrected chi connectivity index (χ2v) is 7.70. The van der Waals surface area contributed by atoms with E-state index in [9.17, 15) is 4.39 Å². The SMILES string of the molecule is CC1(C)C(C2CCCCC2)=NC2=C1CC(Br)C=C2F. The molecule has 1 unspecified atom stereocenters. The smallest absolute Gasteiger partial charge is 0.145 e. The van der Waals surface area contributed by atoms with Crippen molar-refractivity contribution in [3.8, 4) is 0 Å². The molecule has 1 atom stereocenters. The van der Waals surface area contributed by atoms with Crippen molar-refractivity contribution in [2.45, 2.75) is 57.2 Å². The van der Waals surface area contributed by atoms with E-state index in [1.54, 1.807) is 6.08 Å². The van der Waals surface area contributed by atoms with Gasteiger partial charge in [-0.25, -0.2) is 4.39 Å². The Hall–Kier alpha value is -0.440. The zero-order valence-electron chi connectivity index (χ0n) is 11.7. The van der Waals surface area contributed by atoms with Crippen LogP contribution < -0.4 is 0 Å². The maximum Gasteiger partial charge on any atom is 0.145 e. The summed E-state index contributed by atoms with van der Waals surface area (Å²) < 4.78 is 14.1. The molecule has 0 amide bonds. The highest BCUT2D eigenvalue weighted by atomic mass is 79.9. The Morgan fingerprint density at radius 1 is 1.26 bits per heavy atom. The van der Waals surface area contributed by atoms with Gasteiger partial charge in [-0.15, -0.1) is 0 Å². The summed E-state index contributed by atoms with van der Waals surface area (Å²) in [6, 6.07) is 0. The highest BCUT2D eigenvalue weighted by molar-refractivity contribution is 9.09. The molecule has 3 heteroatoms. The monoisotopic (exact) mass is 325 g/mol. The van der Waals surface area contributed by atoms with E-state index >= 15 is 0 Å². The van der Waals surface area contributed by atoms with Crippen LogP contribution in [0.4, 0.5) is 4.39 Å². The fraction of sp³-hybridized carbons (Fsp3) is 0.688. The molecule has 1 heterocycles. The average molecular weight is 326 g/mol. The number of allylic oxidation sites excluding steroid dienone is 3. The van der Waals surface area contributed by atoms with Gasteiger partial charge < -0.3 is 0 Å². The Morgan fingerprint density at radius 3 is 2.63 bits per heavy atom. The first-order valence-electron chi connectivity index (χ1n) is 7.34. The Bertz CT molecular complexity index is 481. The van der Waals surface area contributed by atoms with E-state index in [2.05, 4.69) is 29.8 Å². The Labute approximate surface area is 123 Å². The second kappa shape index (κ2) is 4.83. The molecule has 1 nitrogen and oxygen atoms in total. The van der Waals surface area contributed by atoms with Crippen molar-refractivity contribution in [2.24, 2.45) is 16.3 Å². The first-order chi connectivity index (χ1) is 9.00. The molecular weight excluding hydrogens is 305 g/mol. The van der Waals surface area contributed by atoms with Gasteiger partial charge in [-0.05, 0) is 36.8 Å². The first-order valence-corrected chi connectivity index (χ1v) is 8.26. The molecule has 0 aromatic carbocycles. The third kappa shape index (κ3) is 2.24. The van der Waals surface area contributed by atoms with Gasteiger partial charge >= 0.3 is 0 Å². The molecule has 3 rings (SSSR count). The van der Waals surface area contributed by atoms with Gasteiger partial charge in [-0.1, -0.05) is 49.0 Å². The molecule has 1 aliphatic heterocycles. The maximum atomic E-state index is 14.1. The summed E-state index contributed by atoms with van der Waals surface area (Å²) in [6.07, 6.45) is 8.93. The lowest BCUT2D eigenvalue weighted by molar-refractivity contribution is 0.416. The lowest BCUT2D eigenvalue weighted by Gasteiger charge is -2.33. The number of nitrogens with zero attached hydrogens (tertiary/aromatic N) is 1. The predicted octanol–water partition coefficient (Wildman–Crippen LogP) is 5.32. The average Bonchev–Trinajstić information content (AvgIpc) is 2.63. The Kier molecular flexibility index (Phi) is 3.45. The van der Waals surface area contributed by atoms with Crippen molar-refractivity contribution < 1.29 is 4.39 Å². The lowest BCUT2D eigenvalue weighted by Crippen LogP contribution is -2.32. The normalized spacial score (nSPS) is 31.1. The summed E-state index contributed by atoms with van der Waals surface area (Å²) in [6.45, 7) is 4.45. The highest BCUT2D eigenvalue weighted by Gasteiger charge is 2.43. The van der Waals surface area contributed by atoms with Gasteiger partial charge in [0, 0.05) is 16.0 Å². The standard InChI is InChI=1S/C16H21BrFN/c1-16(2)12-8-11(17)9-13(18)14(12)19-15(16)10-6-4-3-5-7-10/h9-11H,3-8H2,1-2H3. The van der Waals surface area contributed by atoms with Crippen LogP contribution in [0.1, 0.15) is 52.4 Å². The third-order valence-electron chi connectivity index (χ3n) is 4.86. The number of halogens is 2. The quantitative estimate of drug-likeness (QED) is 0.578. The van der Waals surface area contributed by atoms with Crippen molar-refractivity contribution in [1.82, 2.24) is 0 Å². The third-order valence-corrected chi connectivity index (χ3v) is 5.45. The second-order valence-electron chi connectivity index (χ2n) is 6.52. The van der Waals surface area contributed by atoms with Gasteiger partial charge in [0.25, 0.3) is 0 Å². The minimum absolute atomic E-state index is 0.0606. The first kappa shape index (κ1) is 13.5. The molecule has 0 aromatic rings. The Morgan fingerprint density at radius 2 is 1.95 bits per heavy atom. The molecular formula is C16H21BrFN. The molecule has 3 aliphatic rings. The fourth-order valence-corrected chi connectivity index (χ4v) is 4.35. The molecule has 1 fully saturated rings. The summed E-state index contributed by atoms with van der Waals surface area (Å²) in [4.78, 5) is 4.85. The molecule has 0 spiro atoms. The van der Waals surface area contributed by atoms with E-state index in [0.717, 1.165) is 6.42 Å². The van der Waals surface area contributed by atoms with E-state index in [0.29, 0.717) is 11.6 Å². The fourth-order valence-electron chi connectivity index (χ4n) is 3.80. The molecule has 19 heavy (non-hydrogen) atoms. The topological polar surface area (TPSA) is 12.4 Å². The number of alkyl halides is 1. The van der Waals surface area contributed by atoms with Crippen molar-refractivity contribution >= 4 is 21.6 Å². The zero-order chi connectivity index (χ0) is 13.6. The van der Waals surface area contributed by atoms with Crippen LogP contribution in [-0.4, -0.2) is 10.5 Å². The zero-order valence-corrected chi connectivity index (χ0v) is 13.3. The van der Waals surface area contributed by atoms with Gasteiger partial charge in [0.2, 0.25) is 0 Å². The Balaban J connectivity index is 1.94. The van der Waals surface area contributed by atoms with E-state index in [1.165, 1.54) is 43.4 Å². The molecule has 2 aliphatic carbocycles. The molecule has 1 saturated carbocycles. The van der Waals surface area contributed by atoms with Crippen LogP contribution in [-0.2, 0) is 0 Å². The molecule has 104 valence electrons. The van der Waals surface area contributed by atoms with E-state index in [4.69, 9.17) is 4.99 Å². The summed E-state index contributed by atoms with van der Waals surface area (Å²) in [5, 5.41) is 0. The minimum atomic E-state index is -0.137. The molecule has 0 radical (unpaired) electrons. The van der Waals surface area contributed by atoms with E-state index < -0.39 is 0 Å². The number of rotatable bonds is 1. The van der Waals surface area contributed by atoms with Crippen LogP contribution in [0, 0.1) is 11.3 Å². The van der Waals surface area contributed by atoms with Crippen LogP contribution in [0.2, 0.25) is 0 Å². The maximum absolute atomic E-state index is 14.1. The molecule has 0 aromatic heterocycles. The van der Waals surface area contributed by atoms with Crippen molar-refractivity contribution in [3.63, 3.8) is 0 Å². The summed E-state index contributed by atoms with van der Waals surface area (Å²) in [5.74, 6) is 0.429. The molecule has 0 bridgehead atoms. The van der Waals surface area contributed by atoms with Crippen molar-refractivity contribution in [2.75, 3.05) is 0 Å². The van der Waals surface area contributed by atoms with Crippen molar-refractivity contribution in [1.29, 1.82) is 0 Å². The van der Waals surface area contributed by atoms with E-state index in [-0.39, 0.29) is 16.1 Å². The van der Waals surface area contributed by atoms with Crippen LogP contribution in [0.15, 0.2) is 28.2 Å². The van der Waals surface area contributed by atoms with Crippen LogP contribution in [0.25, 0.3) is 0 Å². The van der Waals surface area contributed by atoms with Gasteiger partial charge in [0.15, 0.2) is 0 Å². The van der Waals surface area contributed by atoms with Crippen LogP contribution in [0.5, 0.6) is 0 Å². The van der Waals surface area contributed by atoms with Gasteiger partial charge in [-0.3, -0.25) is 4.99 Å². The van der Waals surface area contributed by atoms with Gasteiger partial charge in [-0.2, -0.15) is 0 Å².